The van der Waals surface area contributed by atoms with Crippen LogP contribution in [0.25, 0.3) is 0 Å². The van der Waals surface area contributed by atoms with Gasteiger partial charge in [-0.05, 0) is 18.9 Å². The zero-order valence-corrected chi connectivity index (χ0v) is 11.1. The third-order valence-corrected chi connectivity index (χ3v) is 2.67. The van der Waals surface area contributed by atoms with Crippen LogP contribution in [0.4, 0.5) is 10.1 Å². The number of amides is 1. The fourth-order valence-electron chi connectivity index (χ4n) is 1.82. The lowest BCUT2D eigenvalue weighted by atomic mass is 10.1. The summed E-state index contributed by atoms with van der Waals surface area (Å²) in [6, 6.07) is 3.01. The second-order valence-corrected chi connectivity index (χ2v) is 4.21. The average Bonchev–Trinajstić information content (AvgIpc) is 2.38. The number of nitro benzene ring substituents is 1. The van der Waals surface area contributed by atoms with Gasteiger partial charge in [0.2, 0.25) is 0 Å². The van der Waals surface area contributed by atoms with Gasteiger partial charge in [0.05, 0.1) is 10.5 Å². The van der Waals surface area contributed by atoms with Gasteiger partial charge in [0.15, 0.2) is 0 Å². The van der Waals surface area contributed by atoms with Crippen molar-refractivity contribution in [2.24, 2.45) is 0 Å². The van der Waals surface area contributed by atoms with Crippen LogP contribution in [0.15, 0.2) is 18.2 Å². The molecule has 1 aromatic carbocycles. The number of carbonyl (C=O) groups excluding carboxylic acids is 1. The summed E-state index contributed by atoms with van der Waals surface area (Å²) in [5.41, 5.74) is -0.520. The van der Waals surface area contributed by atoms with Crippen LogP contribution in [-0.4, -0.2) is 28.8 Å². The van der Waals surface area contributed by atoms with Crippen LogP contribution >= 0.6 is 0 Å². The van der Waals surface area contributed by atoms with Gasteiger partial charge in [-0.15, -0.1) is 0 Å². The third kappa shape index (κ3) is 3.74. The molecule has 104 valence electrons. The maximum absolute atomic E-state index is 13.7. The minimum Gasteiger partial charge on any atom is -0.339 e. The highest BCUT2D eigenvalue weighted by molar-refractivity contribution is 5.95. The largest absolute Gasteiger partial charge is 0.339 e. The van der Waals surface area contributed by atoms with Crippen LogP contribution in [0.2, 0.25) is 0 Å². The Balaban J connectivity index is 3.08. The summed E-state index contributed by atoms with van der Waals surface area (Å²) in [7, 11) is 0. The predicted octanol–water partition coefficient (Wildman–Crippen LogP) is 3.00. The molecule has 0 fully saturated rings. The summed E-state index contributed by atoms with van der Waals surface area (Å²) in [6.07, 6.45) is 1.50. The molecule has 0 radical (unpaired) electrons. The Kier molecular flexibility index (Phi) is 5.41. The Morgan fingerprint density at radius 1 is 1.32 bits per heavy atom. The first kappa shape index (κ1) is 15.1. The molecule has 0 heterocycles. The Morgan fingerprint density at radius 2 is 1.89 bits per heavy atom. The zero-order valence-electron chi connectivity index (χ0n) is 11.1. The van der Waals surface area contributed by atoms with Gasteiger partial charge in [-0.1, -0.05) is 13.8 Å². The third-order valence-electron chi connectivity index (χ3n) is 2.67. The molecule has 5 nitrogen and oxygen atoms in total. The maximum atomic E-state index is 13.7. The van der Waals surface area contributed by atoms with E-state index in [0.29, 0.717) is 13.1 Å². The Bertz CT molecular complexity index is 471. The highest BCUT2D eigenvalue weighted by Crippen LogP contribution is 2.18. The molecular weight excluding hydrogens is 251 g/mol. The Hall–Kier alpha value is -1.98. The topological polar surface area (TPSA) is 63.5 Å². The van der Waals surface area contributed by atoms with E-state index in [1.165, 1.54) is 4.90 Å². The van der Waals surface area contributed by atoms with Gasteiger partial charge in [0.1, 0.15) is 5.82 Å². The molecule has 0 unspecified atom stereocenters. The fourth-order valence-corrected chi connectivity index (χ4v) is 1.82. The van der Waals surface area contributed by atoms with Gasteiger partial charge in [-0.25, -0.2) is 4.39 Å². The first-order valence-corrected chi connectivity index (χ1v) is 6.24. The van der Waals surface area contributed by atoms with E-state index in [2.05, 4.69) is 0 Å². The predicted molar refractivity (Wildman–Crippen MR) is 69.5 cm³/mol. The number of hydrogen-bond acceptors (Lipinski definition) is 3. The van der Waals surface area contributed by atoms with E-state index in [1.807, 2.05) is 13.8 Å². The number of non-ortho nitro benzene ring substituents is 1. The second-order valence-electron chi connectivity index (χ2n) is 4.21. The average molecular weight is 268 g/mol. The quantitative estimate of drug-likeness (QED) is 0.588. The highest BCUT2D eigenvalue weighted by Gasteiger charge is 2.21. The molecule has 0 bridgehead atoms. The van der Waals surface area contributed by atoms with Crippen LogP contribution in [0.3, 0.4) is 0 Å². The number of nitro groups is 1. The van der Waals surface area contributed by atoms with E-state index in [9.17, 15) is 19.3 Å². The van der Waals surface area contributed by atoms with Gasteiger partial charge < -0.3 is 4.90 Å². The van der Waals surface area contributed by atoms with Crippen molar-refractivity contribution in [2.75, 3.05) is 13.1 Å². The molecule has 0 aliphatic rings. The van der Waals surface area contributed by atoms with Gasteiger partial charge in [-0.2, -0.15) is 0 Å². The first-order valence-electron chi connectivity index (χ1n) is 6.24. The van der Waals surface area contributed by atoms with E-state index in [0.717, 1.165) is 31.0 Å². The number of hydrogen-bond donors (Lipinski definition) is 0. The number of rotatable bonds is 6. The molecule has 0 aromatic heterocycles. The monoisotopic (exact) mass is 268 g/mol. The molecule has 1 rings (SSSR count). The van der Waals surface area contributed by atoms with Gasteiger partial charge in [0, 0.05) is 25.2 Å². The minimum absolute atomic E-state index is 0.240. The van der Waals surface area contributed by atoms with Crippen molar-refractivity contribution in [2.45, 2.75) is 26.7 Å². The van der Waals surface area contributed by atoms with Crippen molar-refractivity contribution in [1.29, 1.82) is 0 Å². The van der Waals surface area contributed by atoms with Crippen molar-refractivity contribution in [3.05, 3.63) is 39.7 Å². The van der Waals surface area contributed by atoms with Crippen LogP contribution in [-0.2, 0) is 0 Å². The van der Waals surface area contributed by atoms with E-state index in [1.54, 1.807) is 0 Å². The van der Waals surface area contributed by atoms with E-state index in [-0.39, 0.29) is 11.3 Å². The van der Waals surface area contributed by atoms with Crippen molar-refractivity contribution in [3.63, 3.8) is 0 Å². The summed E-state index contributed by atoms with van der Waals surface area (Å²) >= 11 is 0. The Labute approximate surface area is 111 Å². The van der Waals surface area contributed by atoms with Crippen LogP contribution in [0, 0.1) is 15.9 Å². The van der Waals surface area contributed by atoms with Crippen LogP contribution < -0.4 is 0 Å². The zero-order chi connectivity index (χ0) is 14.4. The van der Waals surface area contributed by atoms with Crippen molar-refractivity contribution in [1.82, 2.24) is 4.90 Å². The molecule has 19 heavy (non-hydrogen) atoms. The maximum Gasteiger partial charge on any atom is 0.270 e. The molecule has 0 atom stereocenters. The lowest BCUT2D eigenvalue weighted by Gasteiger charge is -2.21. The molecule has 6 heteroatoms. The van der Waals surface area contributed by atoms with Gasteiger partial charge >= 0.3 is 0 Å². The van der Waals surface area contributed by atoms with Crippen molar-refractivity contribution < 1.29 is 14.1 Å². The number of carbonyl (C=O) groups is 1. The molecule has 0 N–H and O–H groups in total. The first-order chi connectivity index (χ1) is 9.01. The van der Waals surface area contributed by atoms with Gasteiger partial charge in [-0.3, -0.25) is 14.9 Å². The number of nitrogens with zero attached hydrogens (tertiary/aromatic N) is 2. The van der Waals surface area contributed by atoms with Crippen molar-refractivity contribution >= 4 is 11.6 Å². The lowest BCUT2D eigenvalue weighted by molar-refractivity contribution is -0.384. The number of benzene rings is 1. The molecule has 0 spiro atoms. The fraction of sp³-hybridized carbons (Fsp3) is 0.462. The molecular formula is C13H17FN2O3. The Morgan fingerprint density at radius 3 is 2.37 bits per heavy atom. The molecule has 0 saturated carbocycles. The van der Waals surface area contributed by atoms with Crippen LogP contribution in [0.5, 0.6) is 0 Å². The normalized spacial score (nSPS) is 10.3. The van der Waals surface area contributed by atoms with Crippen LogP contribution in [0.1, 0.15) is 37.0 Å². The van der Waals surface area contributed by atoms with E-state index in [4.69, 9.17) is 0 Å². The summed E-state index contributed by atoms with van der Waals surface area (Å²) < 4.78 is 13.7. The molecule has 1 aromatic rings. The summed E-state index contributed by atoms with van der Waals surface area (Å²) in [5.74, 6) is -1.22. The molecule has 0 saturated heterocycles. The molecule has 0 aliphatic heterocycles. The standard InChI is InChI=1S/C13H17FN2O3/c1-3-7-15(8-4-2)13(17)11-9-10(16(18)19)5-6-12(11)14/h5-6,9H,3-4,7-8H2,1-2H3. The SMILES string of the molecule is CCCN(CCC)C(=O)c1cc([N+](=O)[O-])ccc1F. The summed E-state index contributed by atoms with van der Waals surface area (Å²) in [5, 5.41) is 10.7. The van der Waals surface area contributed by atoms with Gasteiger partial charge in [0.25, 0.3) is 11.6 Å². The highest BCUT2D eigenvalue weighted by atomic mass is 19.1. The van der Waals surface area contributed by atoms with Crippen molar-refractivity contribution in [3.8, 4) is 0 Å². The second kappa shape index (κ2) is 6.82. The molecule has 0 aliphatic carbocycles. The smallest absolute Gasteiger partial charge is 0.270 e. The lowest BCUT2D eigenvalue weighted by Crippen LogP contribution is -2.33. The molecule has 1 amide bonds. The number of halogens is 1. The summed E-state index contributed by atoms with van der Waals surface area (Å²) in [6.45, 7) is 4.85. The minimum atomic E-state index is -0.729. The van der Waals surface area contributed by atoms with E-state index < -0.39 is 16.6 Å². The van der Waals surface area contributed by atoms with E-state index >= 15 is 0 Å². The summed E-state index contributed by atoms with van der Waals surface area (Å²) in [4.78, 5) is 23.7.